The van der Waals surface area contributed by atoms with E-state index >= 15 is 0 Å². The molecule has 1 aliphatic rings. The molecule has 0 spiro atoms. The van der Waals surface area contributed by atoms with Crippen molar-refractivity contribution in [3.8, 4) is 0 Å². The number of thioether (sulfide) groups is 1. The van der Waals surface area contributed by atoms with Crippen LogP contribution in [0.3, 0.4) is 0 Å². The van der Waals surface area contributed by atoms with E-state index in [1.807, 2.05) is 11.2 Å². The Morgan fingerprint density at radius 3 is 2.48 bits per heavy atom. The van der Waals surface area contributed by atoms with Crippen molar-refractivity contribution in [1.82, 2.24) is 4.90 Å². The number of anilines is 1. The van der Waals surface area contributed by atoms with Gasteiger partial charge in [-0.15, -0.1) is 0 Å². The van der Waals surface area contributed by atoms with Gasteiger partial charge in [-0.1, -0.05) is 0 Å². The minimum atomic E-state index is -0.394. The third-order valence-electron chi connectivity index (χ3n) is 3.73. The van der Waals surface area contributed by atoms with Gasteiger partial charge in [0.25, 0.3) is 0 Å². The van der Waals surface area contributed by atoms with Gasteiger partial charge in [0.15, 0.2) is 0 Å². The Bertz CT molecular complexity index is 460. The molecule has 21 heavy (non-hydrogen) atoms. The van der Waals surface area contributed by atoms with Crippen LogP contribution in [0.15, 0.2) is 24.3 Å². The Kier molecular flexibility index (Phi) is 5.87. The summed E-state index contributed by atoms with van der Waals surface area (Å²) in [5.74, 6) is 0.720. The second-order valence-electron chi connectivity index (χ2n) is 5.18. The summed E-state index contributed by atoms with van der Waals surface area (Å²) in [5, 5.41) is 0. The number of piperazine rings is 1. The zero-order chi connectivity index (χ0) is 15.2. The van der Waals surface area contributed by atoms with E-state index in [4.69, 9.17) is 5.73 Å². The van der Waals surface area contributed by atoms with Gasteiger partial charge in [-0.3, -0.25) is 4.79 Å². The first-order valence-corrected chi connectivity index (χ1v) is 8.55. The average Bonchev–Trinajstić information content (AvgIpc) is 2.53. The molecule has 2 rings (SSSR count). The number of amides is 1. The van der Waals surface area contributed by atoms with Crippen LogP contribution in [0.4, 0.5) is 10.1 Å². The molecule has 1 aromatic carbocycles. The summed E-state index contributed by atoms with van der Waals surface area (Å²) in [4.78, 5) is 16.2. The molecule has 0 bridgehead atoms. The van der Waals surface area contributed by atoms with Crippen molar-refractivity contribution in [3.63, 3.8) is 0 Å². The van der Waals surface area contributed by atoms with Gasteiger partial charge in [0.05, 0.1) is 6.04 Å². The van der Waals surface area contributed by atoms with Gasteiger partial charge in [-0.2, -0.15) is 11.8 Å². The van der Waals surface area contributed by atoms with Gasteiger partial charge in [0, 0.05) is 31.9 Å². The quantitative estimate of drug-likeness (QED) is 0.896. The van der Waals surface area contributed by atoms with Crippen LogP contribution >= 0.6 is 11.8 Å². The predicted molar refractivity (Wildman–Crippen MR) is 86.2 cm³/mol. The Labute approximate surface area is 129 Å². The lowest BCUT2D eigenvalue weighted by atomic mass is 10.2. The van der Waals surface area contributed by atoms with Crippen LogP contribution in [0.2, 0.25) is 0 Å². The molecule has 1 aliphatic heterocycles. The molecule has 0 aliphatic carbocycles. The molecule has 2 N–H and O–H groups in total. The molecular formula is C15H22FN3OS. The van der Waals surface area contributed by atoms with Crippen molar-refractivity contribution in [1.29, 1.82) is 0 Å². The van der Waals surface area contributed by atoms with E-state index < -0.39 is 6.04 Å². The molecule has 1 aromatic rings. The lowest BCUT2D eigenvalue weighted by molar-refractivity contribution is -0.132. The third kappa shape index (κ3) is 4.35. The van der Waals surface area contributed by atoms with Crippen LogP contribution < -0.4 is 10.6 Å². The smallest absolute Gasteiger partial charge is 0.239 e. The fourth-order valence-corrected chi connectivity index (χ4v) is 2.93. The molecule has 4 nitrogen and oxygen atoms in total. The van der Waals surface area contributed by atoms with Crippen LogP contribution in [0.1, 0.15) is 6.42 Å². The van der Waals surface area contributed by atoms with Gasteiger partial charge >= 0.3 is 0 Å². The molecule has 0 unspecified atom stereocenters. The van der Waals surface area contributed by atoms with E-state index in [-0.39, 0.29) is 11.7 Å². The third-order valence-corrected chi connectivity index (χ3v) is 4.38. The highest BCUT2D eigenvalue weighted by Gasteiger charge is 2.25. The second-order valence-corrected chi connectivity index (χ2v) is 6.16. The van der Waals surface area contributed by atoms with E-state index in [1.165, 1.54) is 12.1 Å². The molecule has 0 saturated carbocycles. The zero-order valence-electron chi connectivity index (χ0n) is 12.3. The van der Waals surface area contributed by atoms with Crippen molar-refractivity contribution in [2.45, 2.75) is 12.5 Å². The molecule has 0 aromatic heterocycles. The number of benzene rings is 1. The number of hydrogen-bond acceptors (Lipinski definition) is 4. The summed E-state index contributed by atoms with van der Waals surface area (Å²) in [5.41, 5.74) is 6.93. The normalized spacial score (nSPS) is 16.9. The molecule has 1 fully saturated rings. The summed E-state index contributed by atoms with van der Waals surface area (Å²) in [7, 11) is 0. The maximum absolute atomic E-state index is 12.9. The Morgan fingerprint density at radius 1 is 1.29 bits per heavy atom. The highest BCUT2D eigenvalue weighted by molar-refractivity contribution is 7.98. The Balaban J connectivity index is 1.85. The number of carbonyl (C=O) groups excluding carboxylic acids is 1. The van der Waals surface area contributed by atoms with E-state index in [0.717, 1.165) is 31.0 Å². The highest BCUT2D eigenvalue weighted by atomic mass is 32.2. The largest absolute Gasteiger partial charge is 0.368 e. The first-order valence-electron chi connectivity index (χ1n) is 7.15. The van der Waals surface area contributed by atoms with E-state index in [2.05, 4.69) is 4.90 Å². The fourth-order valence-electron chi connectivity index (χ4n) is 2.44. The number of halogens is 1. The van der Waals surface area contributed by atoms with E-state index in [9.17, 15) is 9.18 Å². The Morgan fingerprint density at radius 2 is 1.90 bits per heavy atom. The molecule has 1 saturated heterocycles. The molecule has 116 valence electrons. The van der Waals surface area contributed by atoms with Crippen molar-refractivity contribution in [2.24, 2.45) is 5.73 Å². The van der Waals surface area contributed by atoms with Crippen LogP contribution in [-0.2, 0) is 4.79 Å². The van der Waals surface area contributed by atoms with Gasteiger partial charge in [-0.25, -0.2) is 4.39 Å². The first kappa shape index (κ1) is 16.1. The molecule has 6 heteroatoms. The van der Waals surface area contributed by atoms with Gasteiger partial charge in [-0.05, 0) is 42.7 Å². The SMILES string of the molecule is CSCC[C@H](N)C(=O)N1CCN(c2ccc(F)cc2)CC1. The van der Waals surface area contributed by atoms with Crippen molar-refractivity contribution in [2.75, 3.05) is 43.1 Å². The number of rotatable bonds is 5. The number of nitrogens with zero attached hydrogens (tertiary/aromatic N) is 2. The maximum Gasteiger partial charge on any atom is 0.239 e. The Hall–Kier alpha value is -1.27. The topological polar surface area (TPSA) is 49.6 Å². The molecular weight excluding hydrogens is 289 g/mol. The minimum absolute atomic E-state index is 0.0443. The number of hydrogen-bond donors (Lipinski definition) is 1. The highest BCUT2D eigenvalue weighted by Crippen LogP contribution is 2.17. The summed E-state index contributed by atoms with van der Waals surface area (Å²) in [6.07, 6.45) is 2.73. The van der Waals surface area contributed by atoms with Crippen LogP contribution in [0.5, 0.6) is 0 Å². The summed E-state index contributed by atoms with van der Waals surface area (Å²) < 4.78 is 12.9. The number of carbonyl (C=O) groups is 1. The van der Waals surface area contributed by atoms with Crippen LogP contribution in [0.25, 0.3) is 0 Å². The molecule has 1 atom stereocenters. The predicted octanol–water partition coefficient (Wildman–Crippen LogP) is 1.55. The standard InChI is InChI=1S/C15H22FN3OS/c1-21-11-6-14(17)15(20)19-9-7-18(8-10-19)13-4-2-12(16)3-5-13/h2-5,14H,6-11,17H2,1H3/t14-/m0/s1. The van der Waals surface area contributed by atoms with Crippen LogP contribution in [-0.4, -0.2) is 55.0 Å². The van der Waals surface area contributed by atoms with E-state index in [0.29, 0.717) is 13.1 Å². The average molecular weight is 311 g/mol. The monoisotopic (exact) mass is 311 g/mol. The fraction of sp³-hybridized carbons (Fsp3) is 0.533. The second kappa shape index (κ2) is 7.66. The minimum Gasteiger partial charge on any atom is -0.368 e. The van der Waals surface area contributed by atoms with Gasteiger partial charge in [0.1, 0.15) is 5.82 Å². The summed E-state index contributed by atoms with van der Waals surface area (Å²) >= 11 is 1.70. The molecule has 0 radical (unpaired) electrons. The lowest BCUT2D eigenvalue weighted by Gasteiger charge is -2.37. The maximum atomic E-state index is 12.9. The van der Waals surface area contributed by atoms with Gasteiger partial charge < -0.3 is 15.5 Å². The summed E-state index contributed by atoms with van der Waals surface area (Å²) in [6.45, 7) is 2.85. The molecule has 1 heterocycles. The molecule has 1 amide bonds. The first-order chi connectivity index (χ1) is 10.1. The van der Waals surface area contributed by atoms with E-state index in [1.54, 1.807) is 23.9 Å². The van der Waals surface area contributed by atoms with Crippen molar-refractivity contribution < 1.29 is 9.18 Å². The number of nitrogens with two attached hydrogens (primary N) is 1. The summed E-state index contributed by atoms with van der Waals surface area (Å²) in [6, 6.07) is 6.08. The van der Waals surface area contributed by atoms with Crippen molar-refractivity contribution >= 4 is 23.4 Å². The van der Waals surface area contributed by atoms with Crippen molar-refractivity contribution in [3.05, 3.63) is 30.1 Å². The zero-order valence-corrected chi connectivity index (χ0v) is 13.1. The van der Waals surface area contributed by atoms with Crippen LogP contribution in [0, 0.1) is 5.82 Å². The van der Waals surface area contributed by atoms with Gasteiger partial charge in [0.2, 0.25) is 5.91 Å². The lowest BCUT2D eigenvalue weighted by Crippen LogP contribution is -2.53.